The molecule has 2 aromatic rings. The second kappa shape index (κ2) is 10.0. The zero-order chi connectivity index (χ0) is 24.3. The Bertz CT molecular complexity index is 1080. The van der Waals surface area contributed by atoms with Gasteiger partial charge in [-0.2, -0.15) is 0 Å². The highest BCUT2D eigenvalue weighted by Crippen LogP contribution is 2.41. The number of ether oxygens (including phenoxy) is 3. The Morgan fingerprint density at radius 1 is 1.06 bits per heavy atom. The maximum Gasteiger partial charge on any atom is 0.586 e. The number of carbonyl (C=O) groups excluding carboxylic acids is 2. The van der Waals surface area contributed by atoms with Gasteiger partial charge in [-0.3, -0.25) is 9.59 Å². The van der Waals surface area contributed by atoms with E-state index in [1.165, 1.54) is 24.3 Å². The van der Waals surface area contributed by atoms with Gasteiger partial charge in [0.1, 0.15) is 11.6 Å². The van der Waals surface area contributed by atoms with Crippen LogP contribution in [-0.4, -0.2) is 30.8 Å². The maximum absolute atomic E-state index is 13.4. The number of halogens is 4. The van der Waals surface area contributed by atoms with Gasteiger partial charge in [0.15, 0.2) is 18.1 Å². The highest BCUT2D eigenvalue weighted by Gasteiger charge is 2.43. The van der Waals surface area contributed by atoms with Crippen molar-refractivity contribution in [1.82, 2.24) is 10.6 Å². The second-order valence-electron chi connectivity index (χ2n) is 8.15. The molecule has 4 rings (SSSR count). The van der Waals surface area contributed by atoms with Crippen molar-refractivity contribution >= 4 is 23.4 Å². The zero-order valence-electron chi connectivity index (χ0n) is 17.9. The fourth-order valence-electron chi connectivity index (χ4n) is 3.92. The lowest BCUT2D eigenvalue weighted by Gasteiger charge is -2.28. The Morgan fingerprint density at radius 3 is 2.53 bits per heavy atom. The molecule has 1 saturated carbocycles. The molecule has 2 aromatic carbocycles. The molecule has 34 heavy (non-hydrogen) atoms. The Labute approximate surface area is 198 Å². The van der Waals surface area contributed by atoms with Crippen molar-refractivity contribution in [2.75, 3.05) is 6.61 Å². The molecule has 0 aromatic heterocycles. The number of fused-ring (bicyclic) bond motifs is 1. The van der Waals surface area contributed by atoms with Crippen molar-refractivity contribution in [3.63, 3.8) is 0 Å². The van der Waals surface area contributed by atoms with Crippen LogP contribution in [0.4, 0.5) is 13.2 Å². The summed E-state index contributed by atoms with van der Waals surface area (Å²) < 4.78 is 53.7. The lowest BCUT2D eigenvalue weighted by Crippen LogP contribution is -2.42. The summed E-state index contributed by atoms with van der Waals surface area (Å²) in [6.07, 6.45) is -1.25. The summed E-state index contributed by atoms with van der Waals surface area (Å²) in [5.41, 5.74) is 0.606. The minimum Gasteiger partial charge on any atom is -0.484 e. The van der Waals surface area contributed by atoms with Crippen LogP contribution >= 0.6 is 11.6 Å². The molecule has 0 radical (unpaired) electrons. The Balaban J connectivity index is 1.17. The van der Waals surface area contributed by atoms with Gasteiger partial charge in [-0.05, 0) is 55.5 Å². The Kier molecular flexibility index (Phi) is 7.06. The minimum atomic E-state index is -3.68. The molecule has 0 bridgehead atoms. The van der Waals surface area contributed by atoms with Crippen molar-refractivity contribution in [3.05, 3.63) is 52.8 Å². The number of carbonyl (C=O) groups is 2. The summed E-state index contributed by atoms with van der Waals surface area (Å²) in [6, 6.07) is 8.21. The predicted octanol–water partition coefficient (Wildman–Crippen LogP) is 4.17. The third kappa shape index (κ3) is 6.05. The van der Waals surface area contributed by atoms with Crippen LogP contribution in [0.15, 0.2) is 36.4 Å². The number of nitrogens with one attached hydrogen (secondary N) is 2. The summed E-state index contributed by atoms with van der Waals surface area (Å²) in [7, 11) is 0. The van der Waals surface area contributed by atoms with Gasteiger partial charge in [0.25, 0.3) is 5.91 Å². The van der Waals surface area contributed by atoms with E-state index in [4.69, 9.17) is 16.3 Å². The second-order valence-corrected chi connectivity index (χ2v) is 8.55. The van der Waals surface area contributed by atoms with E-state index in [2.05, 4.69) is 20.1 Å². The fourth-order valence-corrected chi connectivity index (χ4v) is 4.04. The van der Waals surface area contributed by atoms with Crippen molar-refractivity contribution in [3.8, 4) is 17.2 Å². The quantitative estimate of drug-likeness (QED) is 0.598. The van der Waals surface area contributed by atoms with Gasteiger partial charge >= 0.3 is 6.29 Å². The first-order valence-electron chi connectivity index (χ1n) is 10.7. The predicted molar refractivity (Wildman–Crippen MR) is 115 cm³/mol. The van der Waals surface area contributed by atoms with Gasteiger partial charge in [0.05, 0.1) is 5.02 Å². The maximum atomic E-state index is 13.4. The molecule has 1 aliphatic carbocycles. The summed E-state index contributed by atoms with van der Waals surface area (Å²) >= 11 is 5.61. The number of rotatable bonds is 7. The highest BCUT2D eigenvalue weighted by atomic mass is 35.5. The molecular weight excluding hydrogens is 477 g/mol. The Morgan fingerprint density at radius 2 is 1.79 bits per heavy atom. The lowest BCUT2D eigenvalue weighted by molar-refractivity contribution is -0.286. The van der Waals surface area contributed by atoms with E-state index in [0.29, 0.717) is 31.2 Å². The lowest BCUT2D eigenvalue weighted by atomic mass is 9.85. The van der Waals surface area contributed by atoms with Gasteiger partial charge in [0, 0.05) is 24.6 Å². The van der Waals surface area contributed by atoms with Crippen LogP contribution in [0.25, 0.3) is 0 Å². The summed E-state index contributed by atoms with van der Waals surface area (Å²) in [5.74, 6) is -1.23. The van der Waals surface area contributed by atoms with Gasteiger partial charge in [-0.15, -0.1) is 8.78 Å². The monoisotopic (exact) mass is 498 g/mol. The average Bonchev–Trinajstić information content (AvgIpc) is 3.11. The SMILES string of the molecule is O=C(COc1ccc(Cl)c(F)c1)NC1CCC(C(=O)NCc2ccc3c(c2)OC(F)(F)O3)CC1. The molecule has 0 atom stereocenters. The normalized spacial score (nSPS) is 20.5. The first-order valence-corrected chi connectivity index (χ1v) is 11.1. The molecule has 182 valence electrons. The molecule has 1 heterocycles. The van der Waals surface area contributed by atoms with Crippen LogP contribution < -0.4 is 24.8 Å². The molecule has 7 nitrogen and oxygen atoms in total. The van der Waals surface area contributed by atoms with Crippen molar-refractivity contribution < 1.29 is 37.0 Å². The van der Waals surface area contributed by atoms with Crippen LogP contribution in [0.3, 0.4) is 0 Å². The van der Waals surface area contributed by atoms with E-state index in [0.717, 1.165) is 6.07 Å². The molecule has 2 N–H and O–H groups in total. The average molecular weight is 499 g/mol. The molecule has 0 spiro atoms. The summed E-state index contributed by atoms with van der Waals surface area (Å²) in [6.45, 7) is -0.0940. The van der Waals surface area contributed by atoms with E-state index in [-0.39, 0.29) is 59.2 Å². The molecule has 1 fully saturated rings. The number of hydrogen-bond acceptors (Lipinski definition) is 5. The highest BCUT2D eigenvalue weighted by molar-refractivity contribution is 6.30. The van der Waals surface area contributed by atoms with E-state index in [1.54, 1.807) is 6.07 Å². The third-order valence-corrected chi connectivity index (χ3v) is 5.96. The largest absolute Gasteiger partial charge is 0.586 e. The summed E-state index contributed by atoms with van der Waals surface area (Å²) in [4.78, 5) is 24.6. The number of alkyl halides is 2. The van der Waals surface area contributed by atoms with Crippen LogP contribution in [0, 0.1) is 11.7 Å². The van der Waals surface area contributed by atoms with Crippen molar-refractivity contribution in [2.45, 2.75) is 44.6 Å². The molecule has 11 heteroatoms. The third-order valence-electron chi connectivity index (χ3n) is 5.66. The summed E-state index contributed by atoms with van der Waals surface area (Å²) in [5, 5.41) is 5.64. The number of hydrogen-bond donors (Lipinski definition) is 2. The first kappa shape index (κ1) is 24.0. The Hall–Kier alpha value is -3.14. The fraction of sp³-hybridized carbons (Fsp3) is 0.391. The standard InChI is InChI=1S/C23H22ClF3N2O5/c24-17-7-6-16(10-18(17)25)32-12-21(30)29-15-4-2-14(3-5-15)22(31)28-11-13-1-8-19-20(9-13)34-23(26,27)33-19/h1,6-10,14-15H,2-5,11-12H2,(H,28,31)(H,29,30). The molecule has 0 unspecified atom stereocenters. The van der Waals surface area contributed by atoms with Crippen molar-refractivity contribution in [2.24, 2.45) is 5.92 Å². The van der Waals surface area contributed by atoms with Gasteiger partial charge in [-0.25, -0.2) is 4.39 Å². The van der Waals surface area contributed by atoms with Crippen LogP contribution in [0.5, 0.6) is 17.2 Å². The van der Waals surface area contributed by atoms with Crippen LogP contribution in [0.2, 0.25) is 5.02 Å². The smallest absolute Gasteiger partial charge is 0.484 e. The minimum absolute atomic E-state index is 0.0295. The zero-order valence-corrected chi connectivity index (χ0v) is 18.7. The van der Waals surface area contributed by atoms with E-state index >= 15 is 0 Å². The molecule has 1 aliphatic heterocycles. The topological polar surface area (TPSA) is 85.9 Å². The van der Waals surface area contributed by atoms with E-state index in [1.807, 2.05) is 0 Å². The molecular formula is C23H22ClF3N2O5. The van der Waals surface area contributed by atoms with Gasteiger partial charge < -0.3 is 24.8 Å². The molecule has 2 amide bonds. The first-order chi connectivity index (χ1) is 16.2. The van der Waals surface area contributed by atoms with Gasteiger partial charge in [-0.1, -0.05) is 17.7 Å². The van der Waals surface area contributed by atoms with Crippen molar-refractivity contribution in [1.29, 1.82) is 0 Å². The number of benzene rings is 2. The van der Waals surface area contributed by atoms with Crippen LogP contribution in [0.1, 0.15) is 31.2 Å². The van der Waals surface area contributed by atoms with Crippen LogP contribution in [-0.2, 0) is 16.1 Å². The molecule has 0 saturated heterocycles. The number of amides is 2. The van der Waals surface area contributed by atoms with Gasteiger partial charge in [0.2, 0.25) is 5.91 Å². The van der Waals surface area contributed by atoms with E-state index < -0.39 is 12.1 Å². The molecule has 2 aliphatic rings. The van der Waals surface area contributed by atoms with E-state index in [9.17, 15) is 22.8 Å².